The molecular weight excluding hydrogens is 532 g/mol. The highest BCUT2D eigenvalue weighted by Crippen LogP contribution is 2.38. The number of ether oxygens (including phenoxy) is 1. The Bertz CT molecular complexity index is 1370. The van der Waals surface area contributed by atoms with Gasteiger partial charge in [0.2, 0.25) is 0 Å². The fourth-order valence-electron chi connectivity index (χ4n) is 4.36. The highest BCUT2D eigenvalue weighted by atomic mass is 79.9. The normalized spacial score (nSPS) is 16.3. The number of amides is 1. The highest BCUT2D eigenvalue weighted by molar-refractivity contribution is 9.10. The van der Waals surface area contributed by atoms with Gasteiger partial charge >= 0.3 is 0 Å². The van der Waals surface area contributed by atoms with Crippen molar-refractivity contribution >= 4 is 60.3 Å². The van der Waals surface area contributed by atoms with Crippen LogP contribution in [0.2, 0.25) is 0 Å². The number of rotatable bonds is 7. The third-order valence-electron chi connectivity index (χ3n) is 6.05. The van der Waals surface area contributed by atoms with E-state index in [1.54, 1.807) is 16.9 Å². The standard InChI is InChI=1S/C23H27BrN8O2S/c1-30(2)8-9-34-20-15-11-26-6-5-17(15)35-21(20)23(33)29-14-4-3-7-31(12-14)16-10-18(24)32-19(16)22(25)27-13-28-32/h5-6,10-11,13-14H,3-4,7-9,12H2,1-2H3,(H,29,33)(H2,25,27,28)/t14-/m1/s1. The lowest BCUT2D eigenvalue weighted by molar-refractivity contribution is 0.0933. The first-order valence-electron chi connectivity index (χ1n) is 11.4. The summed E-state index contributed by atoms with van der Waals surface area (Å²) in [7, 11) is 3.98. The van der Waals surface area contributed by atoms with Crippen LogP contribution < -0.4 is 20.7 Å². The van der Waals surface area contributed by atoms with Crippen LogP contribution in [0.4, 0.5) is 11.5 Å². The van der Waals surface area contributed by atoms with Crippen LogP contribution >= 0.6 is 27.3 Å². The molecule has 5 rings (SSSR count). The molecule has 1 amide bonds. The van der Waals surface area contributed by atoms with Gasteiger partial charge in [-0.15, -0.1) is 11.3 Å². The molecule has 3 N–H and O–H groups in total. The quantitative estimate of drug-likeness (QED) is 0.355. The number of nitrogens with one attached hydrogen (secondary N) is 1. The number of nitrogen functional groups attached to an aromatic ring is 1. The SMILES string of the molecule is CN(C)CCOc1c(C(=O)N[C@@H]2CCCN(c3cc(Br)n4ncnc(N)c34)C2)sc2ccncc12. The number of nitrogens with zero attached hydrogens (tertiary/aromatic N) is 6. The molecule has 0 unspecified atom stereocenters. The Morgan fingerprint density at radius 1 is 1.43 bits per heavy atom. The summed E-state index contributed by atoms with van der Waals surface area (Å²) in [6.45, 7) is 2.77. The monoisotopic (exact) mass is 558 g/mol. The number of thiophene rings is 1. The second-order valence-corrected chi connectivity index (χ2v) is 10.7. The van der Waals surface area contributed by atoms with Crippen LogP contribution in [0.15, 0.2) is 35.5 Å². The topological polar surface area (TPSA) is 114 Å². The zero-order chi connectivity index (χ0) is 24.5. The van der Waals surface area contributed by atoms with E-state index in [0.29, 0.717) is 29.6 Å². The lowest BCUT2D eigenvalue weighted by Crippen LogP contribution is -2.47. The molecule has 0 spiro atoms. The van der Waals surface area contributed by atoms with Crippen molar-refractivity contribution in [2.45, 2.75) is 18.9 Å². The molecule has 1 aliphatic rings. The first-order valence-corrected chi connectivity index (χ1v) is 13.0. The molecule has 10 nitrogen and oxygen atoms in total. The minimum absolute atomic E-state index is 0.0196. The summed E-state index contributed by atoms with van der Waals surface area (Å²) in [5, 5.41) is 8.40. The van der Waals surface area contributed by atoms with Gasteiger partial charge < -0.3 is 25.6 Å². The summed E-state index contributed by atoms with van der Waals surface area (Å²) in [6, 6.07) is 3.90. The molecule has 12 heteroatoms. The first kappa shape index (κ1) is 23.8. The van der Waals surface area contributed by atoms with Crippen LogP contribution in [0, 0.1) is 0 Å². The first-order chi connectivity index (χ1) is 16.9. The Labute approximate surface area is 215 Å². The number of pyridine rings is 1. The number of nitrogens with two attached hydrogens (primary N) is 1. The Morgan fingerprint density at radius 2 is 2.29 bits per heavy atom. The number of piperidine rings is 1. The molecule has 0 bridgehead atoms. The van der Waals surface area contributed by atoms with Crippen LogP contribution in [0.3, 0.4) is 0 Å². The van der Waals surface area contributed by atoms with Crippen molar-refractivity contribution in [2.24, 2.45) is 0 Å². The van der Waals surface area contributed by atoms with Crippen LogP contribution in [0.25, 0.3) is 15.6 Å². The molecule has 184 valence electrons. The molecule has 35 heavy (non-hydrogen) atoms. The number of hydrogen-bond donors (Lipinski definition) is 2. The van der Waals surface area contributed by atoms with Crippen LogP contribution in [-0.4, -0.2) is 76.8 Å². The lowest BCUT2D eigenvalue weighted by Gasteiger charge is -2.34. The van der Waals surface area contributed by atoms with E-state index in [1.165, 1.54) is 17.7 Å². The Morgan fingerprint density at radius 3 is 3.11 bits per heavy atom. The van der Waals surface area contributed by atoms with Crippen LogP contribution in [-0.2, 0) is 0 Å². The van der Waals surface area contributed by atoms with Crippen molar-refractivity contribution in [3.63, 3.8) is 0 Å². The van der Waals surface area contributed by atoms with Gasteiger partial charge in [0.15, 0.2) is 11.6 Å². The van der Waals surface area contributed by atoms with Gasteiger partial charge in [-0.2, -0.15) is 5.10 Å². The summed E-state index contributed by atoms with van der Waals surface area (Å²) in [5.41, 5.74) is 7.89. The van der Waals surface area contributed by atoms with Gasteiger partial charge in [-0.05, 0) is 55.0 Å². The number of carbonyl (C=O) groups excluding carboxylic acids is 1. The Hall–Kier alpha value is -2.96. The number of halogens is 1. The second kappa shape index (κ2) is 9.96. The van der Waals surface area contributed by atoms with E-state index in [2.05, 4.69) is 41.2 Å². The molecule has 1 atom stereocenters. The lowest BCUT2D eigenvalue weighted by atomic mass is 10.0. The van der Waals surface area contributed by atoms with Crippen molar-refractivity contribution in [2.75, 3.05) is 51.0 Å². The Kier molecular flexibility index (Phi) is 6.76. The summed E-state index contributed by atoms with van der Waals surface area (Å²) in [6.07, 6.45) is 6.77. The van der Waals surface area contributed by atoms with E-state index >= 15 is 0 Å². The largest absolute Gasteiger partial charge is 0.490 e. The van der Waals surface area contributed by atoms with E-state index in [-0.39, 0.29) is 11.9 Å². The molecule has 0 radical (unpaired) electrons. The second-order valence-electron chi connectivity index (χ2n) is 8.80. The van der Waals surface area contributed by atoms with Gasteiger partial charge in [-0.1, -0.05) is 0 Å². The average molecular weight is 559 g/mol. The van der Waals surface area contributed by atoms with Gasteiger partial charge in [-0.3, -0.25) is 9.78 Å². The number of anilines is 2. The van der Waals surface area contributed by atoms with Crippen LogP contribution in [0.1, 0.15) is 22.5 Å². The van der Waals surface area contributed by atoms with Crippen molar-refractivity contribution in [3.05, 3.63) is 40.3 Å². The van der Waals surface area contributed by atoms with Crippen molar-refractivity contribution in [3.8, 4) is 5.75 Å². The van der Waals surface area contributed by atoms with Gasteiger partial charge in [-0.25, -0.2) is 9.50 Å². The predicted molar refractivity (Wildman–Crippen MR) is 141 cm³/mol. The van der Waals surface area contributed by atoms with Crippen LogP contribution in [0.5, 0.6) is 5.75 Å². The number of likely N-dealkylation sites (N-methyl/N-ethyl adjacent to an activating group) is 1. The Balaban J connectivity index is 1.36. The van der Waals surface area contributed by atoms with E-state index in [9.17, 15) is 4.79 Å². The van der Waals surface area contributed by atoms with Gasteiger partial charge in [0.25, 0.3) is 5.91 Å². The number of aromatic nitrogens is 4. The molecule has 0 saturated carbocycles. The summed E-state index contributed by atoms with van der Waals surface area (Å²) in [5.74, 6) is 0.909. The van der Waals surface area contributed by atoms with Crippen molar-refractivity contribution < 1.29 is 9.53 Å². The molecule has 1 aliphatic heterocycles. The molecule has 1 fully saturated rings. The molecule has 5 heterocycles. The summed E-state index contributed by atoms with van der Waals surface area (Å²) < 4.78 is 9.62. The summed E-state index contributed by atoms with van der Waals surface area (Å²) >= 11 is 5.00. The zero-order valence-corrected chi connectivity index (χ0v) is 22.0. The minimum atomic E-state index is -0.122. The van der Waals surface area contributed by atoms with E-state index < -0.39 is 0 Å². The number of carbonyl (C=O) groups is 1. The molecule has 4 aromatic heterocycles. The maximum atomic E-state index is 13.4. The predicted octanol–water partition coefficient (Wildman–Crippen LogP) is 3.02. The third kappa shape index (κ3) is 4.78. The molecule has 4 aromatic rings. The van der Waals surface area contributed by atoms with Crippen molar-refractivity contribution in [1.29, 1.82) is 0 Å². The van der Waals surface area contributed by atoms with E-state index in [1.807, 2.05) is 31.1 Å². The highest BCUT2D eigenvalue weighted by Gasteiger charge is 2.28. The van der Waals surface area contributed by atoms with Gasteiger partial charge in [0, 0.05) is 42.8 Å². The minimum Gasteiger partial charge on any atom is -0.490 e. The van der Waals surface area contributed by atoms with Crippen molar-refractivity contribution in [1.82, 2.24) is 29.8 Å². The number of hydrogen-bond acceptors (Lipinski definition) is 9. The molecule has 0 aliphatic carbocycles. The summed E-state index contributed by atoms with van der Waals surface area (Å²) in [4.78, 5) is 26.7. The molecular formula is C23H27BrN8O2S. The smallest absolute Gasteiger partial charge is 0.265 e. The fourth-order valence-corrected chi connectivity index (χ4v) is 5.86. The van der Waals surface area contributed by atoms with Gasteiger partial charge in [0.1, 0.15) is 27.9 Å². The number of fused-ring (bicyclic) bond motifs is 2. The molecule has 0 aromatic carbocycles. The van der Waals surface area contributed by atoms with E-state index in [0.717, 1.165) is 51.8 Å². The maximum absolute atomic E-state index is 13.4. The fraction of sp³-hybridized carbons (Fsp3) is 0.391. The third-order valence-corrected chi connectivity index (χ3v) is 7.77. The maximum Gasteiger partial charge on any atom is 0.265 e. The van der Waals surface area contributed by atoms with Gasteiger partial charge in [0.05, 0.1) is 11.1 Å². The average Bonchev–Trinajstić information content (AvgIpc) is 3.38. The zero-order valence-electron chi connectivity index (χ0n) is 19.6. The van der Waals surface area contributed by atoms with E-state index in [4.69, 9.17) is 10.5 Å². The molecule has 1 saturated heterocycles.